The van der Waals surface area contributed by atoms with E-state index in [1.165, 1.54) is 186 Å². The average molecular weight is 1000 g/mol. The van der Waals surface area contributed by atoms with Gasteiger partial charge in [0.05, 0.1) is 25.4 Å². The Morgan fingerprint density at radius 1 is 0.580 bits per heavy atom. The summed E-state index contributed by atoms with van der Waals surface area (Å²) in [6, 6.07) is -0.854. The molecule has 0 saturated carbocycles. The molecule has 1 saturated heterocycles. The Bertz CT molecular complexity index is 1320. The molecular weight excluding hydrogens is 895 g/mol. The molecule has 1 aliphatic rings. The van der Waals surface area contributed by atoms with Crippen LogP contribution in [0.2, 0.25) is 0 Å². The van der Waals surface area contributed by atoms with Crippen molar-refractivity contribution in [1.82, 2.24) is 5.32 Å². The van der Waals surface area contributed by atoms with Gasteiger partial charge in [-0.3, -0.25) is 9.35 Å². The smallest absolute Gasteiger partial charge is 0.394 e. The van der Waals surface area contributed by atoms with Crippen LogP contribution in [0.3, 0.4) is 0 Å². The average Bonchev–Trinajstić information content (AvgIpc) is 3.32. The molecule has 1 aliphatic heterocycles. The van der Waals surface area contributed by atoms with E-state index >= 15 is 0 Å². The van der Waals surface area contributed by atoms with E-state index in [4.69, 9.17) is 9.47 Å². The molecule has 0 aliphatic carbocycles. The molecule has 1 amide bonds. The molecule has 0 aromatic heterocycles. The minimum absolute atomic E-state index is 0.229. The number of hydrogen-bond acceptors (Lipinski definition) is 10. The van der Waals surface area contributed by atoms with Crippen LogP contribution in [0.4, 0.5) is 0 Å². The van der Waals surface area contributed by atoms with Crippen LogP contribution in [0.15, 0.2) is 24.3 Å². The number of rotatable bonds is 50. The molecule has 0 spiro atoms. The minimum Gasteiger partial charge on any atom is -0.394 e. The monoisotopic (exact) mass is 1000 g/mol. The first-order chi connectivity index (χ1) is 33.5. The van der Waals surface area contributed by atoms with E-state index in [9.17, 15) is 38.2 Å². The number of aliphatic hydroxyl groups excluding tert-OH is 4. The first kappa shape index (κ1) is 65.6. The Labute approximate surface area is 422 Å². The number of unbranched alkanes of at least 4 members (excludes halogenated alkanes) is 34. The molecular formula is C56H107NO11S. The SMILES string of the molecule is CCCCCCCCCCC/C=C\C/C=C\CCCCCCCCCCCCCCCCCCCC(=O)NC(COC1OC(CO)C(O)C(OS(=O)(=O)O)C1O)C(O)CCCCCCCCCCC. The second kappa shape index (κ2) is 46.4. The summed E-state index contributed by atoms with van der Waals surface area (Å²) in [5.41, 5.74) is 0. The number of amides is 1. The number of carbonyl (C=O) groups is 1. The zero-order chi connectivity index (χ0) is 50.5. The molecule has 7 unspecified atom stereocenters. The lowest BCUT2D eigenvalue weighted by molar-refractivity contribution is -0.298. The summed E-state index contributed by atoms with van der Waals surface area (Å²) in [4.78, 5) is 13.1. The predicted molar refractivity (Wildman–Crippen MR) is 282 cm³/mol. The molecule has 0 aromatic carbocycles. The molecule has 12 nitrogen and oxygen atoms in total. The predicted octanol–water partition coefficient (Wildman–Crippen LogP) is 13.2. The molecule has 1 fully saturated rings. The van der Waals surface area contributed by atoms with E-state index < -0.39 is 59.9 Å². The van der Waals surface area contributed by atoms with Crippen molar-refractivity contribution < 1.29 is 51.8 Å². The summed E-state index contributed by atoms with van der Waals surface area (Å²) in [6.45, 7) is 3.44. The largest absolute Gasteiger partial charge is 0.397 e. The van der Waals surface area contributed by atoms with E-state index in [1.807, 2.05) is 0 Å². The molecule has 0 radical (unpaired) electrons. The molecule has 0 aromatic rings. The van der Waals surface area contributed by atoms with Crippen molar-refractivity contribution in [2.24, 2.45) is 0 Å². The second-order valence-corrected chi connectivity index (χ2v) is 21.3. The van der Waals surface area contributed by atoms with E-state index in [2.05, 4.69) is 47.7 Å². The highest BCUT2D eigenvalue weighted by atomic mass is 32.3. The number of carbonyl (C=O) groups excluding carboxylic acids is 1. The van der Waals surface area contributed by atoms with Crippen LogP contribution < -0.4 is 5.32 Å². The van der Waals surface area contributed by atoms with Gasteiger partial charge in [-0.2, -0.15) is 8.42 Å². The quantitative estimate of drug-likeness (QED) is 0.0193. The highest BCUT2D eigenvalue weighted by Gasteiger charge is 2.48. The highest BCUT2D eigenvalue weighted by molar-refractivity contribution is 7.80. The van der Waals surface area contributed by atoms with Gasteiger partial charge in [-0.05, 0) is 44.9 Å². The maximum absolute atomic E-state index is 13.1. The van der Waals surface area contributed by atoms with Gasteiger partial charge in [0.1, 0.15) is 24.4 Å². The summed E-state index contributed by atoms with van der Waals surface area (Å²) in [6.07, 6.45) is 48.0. The molecule has 1 rings (SSSR count). The van der Waals surface area contributed by atoms with Gasteiger partial charge in [0, 0.05) is 6.42 Å². The minimum atomic E-state index is -5.07. The Morgan fingerprint density at radius 2 is 0.971 bits per heavy atom. The fraction of sp³-hybridized carbons (Fsp3) is 0.911. The number of aliphatic hydroxyl groups is 4. The third-order valence-electron chi connectivity index (χ3n) is 13.8. The van der Waals surface area contributed by atoms with Crippen LogP contribution in [0.25, 0.3) is 0 Å². The van der Waals surface area contributed by atoms with E-state index in [0.717, 1.165) is 57.8 Å². The highest BCUT2D eigenvalue weighted by Crippen LogP contribution is 2.26. The summed E-state index contributed by atoms with van der Waals surface area (Å²) in [5.74, 6) is -0.229. The zero-order valence-electron chi connectivity index (χ0n) is 44.1. The topological polar surface area (TPSA) is 192 Å². The molecule has 1 heterocycles. The number of allylic oxidation sites excluding steroid dienone is 4. The summed E-state index contributed by atoms with van der Waals surface area (Å²) < 4.78 is 47.7. The van der Waals surface area contributed by atoms with Crippen molar-refractivity contribution in [3.63, 3.8) is 0 Å². The van der Waals surface area contributed by atoms with Crippen molar-refractivity contribution in [1.29, 1.82) is 0 Å². The lowest BCUT2D eigenvalue weighted by Gasteiger charge is -2.41. The van der Waals surface area contributed by atoms with Crippen LogP contribution in [-0.2, 0) is 28.9 Å². The van der Waals surface area contributed by atoms with Crippen LogP contribution in [0.5, 0.6) is 0 Å². The second-order valence-electron chi connectivity index (χ2n) is 20.2. The third kappa shape index (κ3) is 38.8. The van der Waals surface area contributed by atoms with Crippen molar-refractivity contribution in [3.05, 3.63) is 24.3 Å². The lowest BCUT2D eigenvalue weighted by Crippen LogP contribution is -2.61. The van der Waals surface area contributed by atoms with Gasteiger partial charge in [0.25, 0.3) is 0 Å². The molecule has 6 N–H and O–H groups in total. The zero-order valence-corrected chi connectivity index (χ0v) is 45.0. The van der Waals surface area contributed by atoms with Gasteiger partial charge < -0.3 is 35.2 Å². The molecule has 69 heavy (non-hydrogen) atoms. The van der Waals surface area contributed by atoms with Gasteiger partial charge in [-0.25, -0.2) is 4.18 Å². The Kier molecular flexibility index (Phi) is 44.1. The normalized spacial score (nSPS) is 19.8. The third-order valence-corrected chi connectivity index (χ3v) is 14.2. The standard InChI is InChI=1S/C56H107NO11S/c1-3-5-7-9-11-13-14-15-16-17-18-19-20-21-22-23-24-25-26-27-28-29-30-31-32-33-34-35-36-38-40-42-44-46-52(60)57-49(50(59)45-43-41-39-37-12-10-8-6-4-2)48-66-56-54(62)55(68-69(63,64)65)53(61)51(47-58)67-56/h18-19,21-22,49-51,53-56,58-59,61-62H,3-17,20,23-48H2,1-2H3,(H,57,60)(H,63,64,65)/b19-18-,22-21-. The van der Waals surface area contributed by atoms with Crippen molar-refractivity contribution >= 4 is 16.3 Å². The number of nitrogens with one attached hydrogen (secondary N) is 1. The summed E-state index contributed by atoms with van der Waals surface area (Å²) in [7, 11) is -5.07. The first-order valence-corrected chi connectivity index (χ1v) is 30.1. The Morgan fingerprint density at radius 3 is 1.38 bits per heavy atom. The van der Waals surface area contributed by atoms with Crippen LogP contribution in [-0.4, -0.2) is 95.4 Å². The Balaban J connectivity index is 2.17. The van der Waals surface area contributed by atoms with Crippen molar-refractivity contribution in [2.45, 2.75) is 314 Å². The van der Waals surface area contributed by atoms with Crippen LogP contribution in [0.1, 0.15) is 271 Å². The van der Waals surface area contributed by atoms with Gasteiger partial charge in [-0.15, -0.1) is 0 Å². The first-order valence-electron chi connectivity index (χ1n) is 28.7. The van der Waals surface area contributed by atoms with Gasteiger partial charge in [-0.1, -0.05) is 244 Å². The maximum atomic E-state index is 13.1. The summed E-state index contributed by atoms with van der Waals surface area (Å²) in [5, 5.41) is 44.9. The molecule has 7 atom stereocenters. The van der Waals surface area contributed by atoms with Gasteiger partial charge in [0.2, 0.25) is 5.91 Å². The molecule has 408 valence electrons. The Hall–Kier alpha value is -1.42. The fourth-order valence-electron chi connectivity index (χ4n) is 9.32. The molecule has 13 heteroatoms. The number of hydrogen-bond donors (Lipinski definition) is 6. The van der Waals surface area contributed by atoms with E-state index in [0.29, 0.717) is 12.8 Å². The van der Waals surface area contributed by atoms with Crippen LogP contribution >= 0.6 is 0 Å². The van der Waals surface area contributed by atoms with E-state index in [1.54, 1.807) is 0 Å². The molecule has 0 bridgehead atoms. The summed E-state index contributed by atoms with van der Waals surface area (Å²) >= 11 is 0. The number of ether oxygens (including phenoxy) is 2. The van der Waals surface area contributed by atoms with Crippen molar-refractivity contribution in [3.8, 4) is 0 Å². The fourth-order valence-corrected chi connectivity index (χ4v) is 9.82. The van der Waals surface area contributed by atoms with Gasteiger partial charge >= 0.3 is 10.4 Å². The van der Waals surface area contributed by atoms with Gasteiger partial charge in [0.15, 0.2) is 6.29 Å². The van der Waals surface area contributed by atoms with Crippen molar-refractivity contribution in [2.75, 3.05) is 13.2 Å². The lowest BCUT2D eigenvalue weighted by atomic mass is 9.99. The maximum Gasteiger partial charge on any atom is 0.397 e. The van der Waals surface area contributed by atoms with Crippen LogP contribution in [0, 0.1) is 0 Å². The van der Waals surface area contributed by atoms with E-state index in [-0.39, 0.29) is 12.5 Å².